The number of H-pyrrole nitrogens is 1. The molecule has 0 aromatic carbocycles. The highest BCUT2D eigenvalue weighted by atomic mass is 16.1. The standard InChI is InChI=1S/C10H10N8O/c1-5-3-6(15-17(5)2)9-14-13-8-4-7(10(19)12-11)16-18(8)9/h3-4,11,13H,1-2H3. The van der Waals surface area contributed by atoms with Gasteiger partial charge in [0.05, 0.1) is 0 Å². The van der Waals surface area contributed by atoms with Crippen LogP contribution in [0.1, 0.15) is 16.2 Å². The van der Waals surface area contributed by atoms with E-state index in [-0.39, 0.29) is 5.69 Å². The van der Waals surface area contributed by atoms with Gasteiger partial charge < -0.3 is 0 Å². The highest BCUT2D eigenvalue weighted by molar-refractivity contribution is 5.93. The van der Waals surface area contributed by atoms with E-state index in [1.54, 1.807) is 4.68 Å². The molecule has 0 atom stereocenters. The Morgan fingerprint density at radius 1 is 1.42 bits per heavy atom. The lowest BCUT2D eigenvalue weighted by molar-refractivity contribution is 0.0986. The van der Waals surface area contributed by atoms with E-state index in [1.165, 1.54) is 10.6 Å². The van der Waals surface area contributed by atoms with Crippen molar-refractivity contribution in [1.29, 1.82) is 5.53 Å². The van der Waals surface area contributed by atoms with Gasteiger partial charge in [0.15, 0.2) is 11.3 Å². The number of nitrogens with zero attached hydrogens (tertiary/aromatic N) is 6. The van der Waals surface area contributed by atoms with Gasteiger partial charge >= 0.3 is 5.91 Å². The second-order valence-corrected chi connectivity index (χ2v) is 4.09. The summed E-state index contributed by atoms with van der Waals surface area (Å²) in [5.41, 5.74) is 8.98. The molecule has 3 aromatic rings. The summed E-state index contributed by atoms with van der Waals surface area (Å²) in [5.74, 6) is -0.192. The number of rotatable bonds is 2. The Morgan fingerprint density at radius 2 is 2.21 bits per heavy atom. The fourth-order valence-corrected chi connectivity index (χ4v) is 1.78. The Labute approximate surface area is 106 Å². The smallest absolute Gasteiger partial charge is 0.272 e. The van der Waals surface area contributed by atoms with E-state index in [1.807, 2.05) is 20.0 Å². The number of hydrogen-bond donors (Lipinski definition) is 2. The van der Waals surface area contributed by atoms with Crippen molar-refractivity contribution in [3.05, 3.63) is 23.5 Å². The summed E-state index contributed by atoms with van der Waals surface area (Å²) < 4.78 is 3.20. The summed E-state index contributed by atoms with van der Waals surface area (Å²) in [4.78, 5) is 11.3. The van der Waals surface area contributed by atoms with E-state index < -0.39 is 5.91 Å². The van der Waals surface area contributed by atoms with Gasteiger partial charge in [-0.15, -0.1) is 5.11 Å². The van der Waals surface area contributed by atoms with Crippen LogP contribution in [0.2, 0.25) is 0 Å². The lowest BCUT2D eigenvalue weighted by Gasteiger charge is -1.91. The SMILES string of the molecule is Cc1cc(-c2n[nH]c3cc(C(=O)N=N)nn23)nn1C. The molecule has 1 amide bonds. The first-order chi connectivity index (χ1) is 9.10. The molecule has 0 radical (unpaired) electrons. The zero-order valence-electron chi connectivity index (χ0n) is 10.2. The number of aromatic amines is 1. The third-order valence-electron chi connectivity index (χ3n) is 2.85. The Balaban J connectivity index is 2.16. The molecule has 0 fully saturated rings. The van der Waals surface area contributed by atoms with Gasteiger partial charge in [0.1, 0.15) is 5.69 Å². The molecule has 9 heteroatoms. The second kappa shape index (κ2) is 3.83. The predicted molar refractivity (Wildman–Crippen MR) is 63.8 cm³/mol. The van der Waals surface area contributed by atoms with Gasteiger partial charge in [-0.1, -0.05) is 0 Å². The Bertz CT molecular complexity index is 772. The van der Waals surface area contributed by atoms with E-state index in [4.69, 9.17) is 5.53 Å². The minimum atomic E-state index is -0.694. The van der Waals surface area contributed by atoms with Crippen molar-refractivity contribution < 1.29 is 4.79 Å². The zero-order chi connectivity index (χ0) is 13.6. The van der Waals surface area contributed by atoms with E-state index in [0.717, 1.165) is 5.69 Å². The quantitative estimate of drug-likeness (QED) is 0.665. The largest absolute Gasteiger partial charge is 0.315 e. The molecular formula is C10H10N8O. The number of carbonyl (C=O) groups excluding carboxylic acids is 1. The van der Waals surface area contributed by atoms with Crippen molar-refractivity contribution in [2.24, 2.45) is 12.2 Å². The lowest BCUT2D eigenvalue weighted by Crippen LogP contribution is -1.98. The summed E-state index contributed by atoms with van der Waals surface area (Å²) >= 11 is 0. The van der Waals surface area contributed by atoms with Crippen molar-refractivity contribution in [3.63, 3.8) is 0 Å². The third-order valence-corrected chi connectivity index (χ3v) is 2.85. The van der Waals surface area contributed by atoms with Gasteiger partial charge in [0, 0.05) is 18.8 Å². The highest BCUT2D eigenvalue weighted by Crippen LogP contribution is 2.18. The predicted octanol–water partition coefficient (Wildman–Crippen LogP) is 0.937. The zero-order valence-corrected chi connectivity index (χ0v) is 10.2. The fourth-order valence-electron chi connectivity index (χ4n) is 1.78. The minimum absolute atomic E-state index is 0.0950. The van der Waals surface area contributed by atoms with Crippen LogP contribution >= 0.6 is 0 Å². The number of aromatic nitrogens is 6. The summed E-state index contributed by atoms with van der Waals surface area (Å²) in [6, 6.07) is 3.36. The van der Waals surface area contributed by atoms with Gasteiger partial charge in [0.2, 0.25) is 5.82 Å². The summed E-state index contributed by atoms with van der Waals surface area (Å²) in [7, 11) is 1.83. The van der Waals surface area contributed by atoms with Crippen LogP contribution in [0.15, 0.2) is 17.2 Å². The molecule has 0 aliphatic carbocycles. The van der Waals surface area contributed by atoms with Crippen LogP contribution in [0.4, 0.5) is 0 Å². The fraction of sp³-hybridized carbons (Fsp3) is 0.200. The van der Waals surface area contributed by atoms with Crippen molar-refractivity contribution in [2.75, 3.05) is 0 Å². The minimum Gasteiger partial charge on any atom is -0.272 e. The first-order valence-electron chi connectivity index (χ1n) is 5.47. The molecule has 3 heterocycles. The monoisotopic (exact) mass is 258 g/mol. The number of amides is 1. The molecule has 0 aliphatic rings. The highest BCUT2D eigenvalue weighted by Gasteiger charge is 2.17. The van der Waals surface area contributed by atoms with E-state index >= 15 is 0 Å². The summed E-state index contributed by atoms with van der Waals surface area (Å²) in [5, 5.41) is 18.1. The third kappa shape index (κ3) is 1.63. The van der Waals surface area contributed by atoms with E-state index in [2.05, 4.69) is 25.5 Å². The molecule has 3 aromatic heterocycles. The maximum atomic E-state index is 11.3. The summed E-state index contributed by atoms with van der Waals surface area (Å²) in [6.45, 7) is 1.93. The van der Waals surface area contributed by atoms with Crippen molar-refractivity contribution in [3.8, 4) is 11.5 Å². The lowest BCUT2D eigenvalue weighted by atomic mass is 10.3. The molecule has 3 rings (SSSR count). The van der Waals surface area contributed by atoms with Crippen LogP contribution < -0.4 is 0 Å². The maximum Gasteiger partial charge on any atom is 0.315 e. The summed E-state index contributed by atoms with van der Waals surface area (Å²) in [6.07, 6.45) is 0. The molecule has 0 bridgehead atoms. The van der Waals surface area contributed by atoms with Crippen LogP contribution in [-0.2, 0) is 7.05 Å². The average molecular weight is 258 g/mol. The topological polar surface area (TPSA) is 117 Å². The number of aryl methyl sites for hydroxylation is 2. The van der Waals surface area contributed by atoms with Gasteiger partial charge in [-0.2, -0.15) is 19.8 Å². The molecule has 0 spiro atoms. The van der Waals surface area contributed by atoms with E-state index in [0.29, 0.717) is 17.2 Å². The maximum absolute atomic E-state index is 11.3. The normalized spacial score (nSPS) is 11.1. The number of hydrogen-bond acceptors (Lipinski definition) is 5. The molecule has 0 saturated carbocycles. The molecule has 19 heavy (non-hydrogen) atoms. The van der Waals surface area contributed by atoms with Crippen molar-refractivity contribution in [1.82, 2.24) is 29.6 Å². The van der Waals surface area contributed by atoms with Crippen LogP contribution in [0.3, 0.4) is 0 Å². The molecule has 0 aliphatic heterocycles. The molecule has 0 saturated heterocycles. The van der Waals surface area contributed by atoms with Crippen LogP contribution in [0.25, 0.3) is 17.2 Å². The molecular weight excluding hydrogens is 248 g/mol. The van der Waals surface area contributed by atoms with E-state index in [9.17, 15) is 4.79 Å². The second-order valence-electron chi connectivity index (χ2n) is 4.09. The van der Waals surface area contributed by atoms with Crippen LogP contribution in [0.5, 0.6) is 0 Å². The average Bonchev–Trinajstić information content (AvgIpc) is 3.03. The van der Waals surface area contributed by atoms with Crippen LogP contribution in [0, 0.1) is 12.5 Å². The first kappa shape index (κ1) is 11.3. The van der Waals surface area contributed by atoms with Crippen molar-refractivity contribution >= 4 is 11.6 Å². The molecule has 2 N–H and O–H groups in total. The van der Waals surface area contributed by atoms with Gasteiger partial charge in [-0.25, -0.2) is 5.53 Å². The number of carbonyl (C=O) groups is 1. The first-order valence-corrected chi connectivity index (χ1v) is 5.47. The number of fused-ring (bicyclic) bond motifs is 1. The van der Waals surface area contributed by atoms with Crippen LogP contribution in [-0.4, -0.2) is 35.5 Å². The molecule has 9 nitrogen and oxygen atoms in total. The van der Waals surface area contributed by atoms with Gasteiger partial charge in [-0.05, 0) is 13.0 Å². The van der Waals surface area contributed by atoms with Gasteiger partial charge in [0.25, 0.3) is 0 Å². The Kier molecular flexibility index (Phi) is 2.27. The van der Waals surface area contributed by atoms with Crippen molar-refractivity contribution in [2.45, 2.75) is 6.92 Å². The Hall–Kier alpha value is -2.84. The van der Waals surface area contributed by atoms with Gasteiger partial charge in [-0.3, -0.25) is 14.6 Å². The Morgan fingerprint density at radius 3 is 2.84 bits per heavy atom. The molecule has 96 valence electrons. The number of nitrogens with one attached hydrogen (secondary N) is 2. The molecule has 0 unspecified atom stereocenters.